The molecule has 2 rings (SSSR count). The fraction of sp³-hybridized carbons (Fsp3) is 0.462. The van der Waals surface area contributed by atoms with Crippen LogP contribution in [-0.2, 0) is 24.3 Å². The summed E-state index contributed by atoms with van der Waals surface area (Å²) in [5, 5.41) is 3.05. The molecule has 0 bridgehead atoms. The number of nitrogens with one attached hydrogen (secondary N) is 2. The number of carbonyl (C=O) groups is 1. The van der Waals surface area contributed by atoms with Crippen molar-refractivity contribution in [3.63, 3.8) is 0 Å². The van der Waals surface area contributed by atoms with E-state index in [-0.39, 0.29) is 30.5 Å². The van der Waals surface area contributed by atoms with Gasteiger partial charge in [-0.3, -0.25) is 4.79 Å². The highest BCUT2D eigenvalue weighted by Gasteiger charge is 2.22. The Labute approximate surface area is 134 Å². The first kappa shape index (κ1) is 17.2. The number of hydrogen-bond acceptors (Lipinski definition) is 5. The van der Waals surface area contributed by atoms with Crippen molar-refractivity contribution in [3.05, 3.63) is 29.3 Å². The van der Waals surface area contributed by atoms with Crippen LogP contribution in [0, 0.1) is 0 Å². The second-order valence-corrected chi connectivity index (χ2v) is 6.78. The minimum atomic E-state index is -3.62. The third-order valence-electron chi connectivity index (χ3n) is 2.95. The quantitative estimate of drug-likeness (QED) is 0.714. The summed E-state index contributed by atoms with van der Waals surface area (Å²) in [7, 11) is -3.62. The fourth-order valence-corrected chi connectivity index (χ4v) is 2.98. The average molecular weight is 349 g/mol. The largest absolute Gasteiger partial charge is 0.376 e. The Bertz CT molecular complexity index is 599. The predicted octanol–water partition coefficient (Wildman–Crippen LogP) is 0.150. The third kappa shape index (κ3) is 4.92. The summed E-state index contributed by atoms with van der Waals surface area (Å²) in [6, 6.07) is 5.82. The van der Waals surface area contributed by atoms with Crippen molar-refractivity contribution in [2.75, 3.05) is 32.9 Å². The second-order valence-electron chi connectivity index (χ2n) is 4.58. The van der Waals surface area contributed by atoms with Crippen molar-refractivity contribution >= 4 is 27.5 Å². The number of rotatable bonds is 6. The van der Waals surface area contributed by atoms with Crippen molar-refractivity contribution in [3.8, 4) is 0 Å². The first-order chi connectivity index (χ1) is 10.5. The van der Waals surface area contributed by atoms with Gasteiger partial charge in [-0.2, -0.15) is 0 Å². The van der Waals surface area contributed by atoms with Gasteiger partial charge < -0.3 is 14.8 Å². The smallest absolute Gasteiger partial charge is 0.251 e. The Kier molecular flexibility index (Phi) is 6.16. The average Bonchev–Trinajstić information content (AvgIpc) is 2.52. The number of benzene rings is 1. The van der Waals surface area contributed by atoms with Gasteiger partial charge in [0.2, 0.25) is 10.0 Å². The molecule has 0 saturated carbocycles. The zero-order valence-corrected chi connectivity index (χ0v) is 13.3. The molecule has 0 aromatic heterocycles. The summed E-state index contributed by atoms with van der Waals surface area (Å²) >= 11 is 5.71. The van der Waals surface area contributed by atoms with E-state index < -0.39 is 16.1 Å². The molecule has 0 unspecified atom stereocenters. The van der Waals surface area contributed by atoms with Gasteiger partial charge in [0, 0.05) is 18.1 Å². The normalized spacial score (nSPS) is 18.9. The Morgan fingerprint density at radius 2 is 1.95 bits per heavy atom. The maximum Gasteiger partial charge on any atom is 0.251 e. The van der Waals surface area contributed by atoms with Crippen LogP contribution in [-0.4, -0.2) is 53.3 Å². The molecule has 0 aliphatic carbocycles. The molecule has 2 N–H and O–H groups in total. The molecule has 0 radical (unpaired) electrons. The van der Waals surface area contributed by atoms with Gasteiger partial charge in [-0.1, -0.05) is 11.6 Å². The Balaban J connectivity index is 1.75. The van der Waals surface area contributed by atoms with E-state index in [0.717, 1.165) is 0 Å². The number of halogens is 1. The molecule has 1 amide bonds. The summed E-state index contributed by atoms with van der Waals surface area (Å²) in [6.07, 6.45) is -0.637. The molecule has 9 heteroatoms. The summed E-state index contributed by atoms with van der Waals surface area (Å²) in [5.74, 6) is -0.314. The minimum Gasteiger partial charge on any atom is -0.376 e. The van der Waals surface area contributed by atoms with Crippen LogP contribution in [0.3, 0.4) is 0 Å². The maximum absolute atomic E-state index is 12.0. The van der Waals surface area contributed by atoms with Crippen LogP contribution in [0.4, 0.5) is 0 Å². The van der Waals surface area contributed by atoms with Crippen molar-refractivity contribution in [2.24, 2.45) is 0 Å². The van der Waals surface area contributed by atoms with Crippen LogP contribution in [0.5, 0.6) is 0 Å². The Morgan fingerprint density at radius 3 is 2.59 bits per heavy atom. The van der Waals surface area contributed by atoms with E-state index in [9.17, 15) is 13.2 Å². The number of hydrogen-bond donors (Lipinski definition) is 2. The van der Waals surface area contributed by atoms with Gasteiger partial charge in [-0.05, 0) is 24.3 Å². The topological polar surface area (TPSA) is 93.7 Å². The van der Waals surface area contributed by atoms with Crippen LogP contribution in [0.1, 0.15) is 0 Å². The standard InChI is InChI=1S/C13H17ClN2O5S/c14-10-1-3-11(4-2-10)22(18,19)16-6-5-15-13(17)12-9-20-7-8-21-12/h1-4,12,16H,5-9H2,(H,15,17)/t12-/m0/s1. The molecule has 1 aliphatic heterocycles. The van der Waals surface area contributed by atoms with Gasteiger partial charge in [0.15, 0.2) is 6.10 Å². The Morgan fingerprint density at radius 1 is 1.23 bits per heavy atom. The first-order valence-electron chi connectivity index (χ1n) is 6.71. The minimum absolute atomic E-state index is 0.0737. The third-order valence-corrected chi connectivity index (χ3v) is 4.68. The highest BCUT2D eigenvalue weighted by Crippen LogP contribution is 2.13. The molecular weight excluding hydrogens is 332 g/mol. The van der Waals surface area contributed by atoms with Crippen LogP contribution in [0.2, 0.25) is 5.02 Å². The summed E-state index contributed by atoms with van der Waals surface area (Å²) in [6.45, 7) is 1.30. The van der Waals surface area contributed by atoms with E-state index in [0.29, 0.717) is 18.2 Å². The number of carbonyl (C=O) groups excluding carboxylic acids is 1. The molecular formula is C13H17ClN2O5S. The highest BCUT2D eigenvalue weighted by molar-refractivity contribution is 7.89. The van der Waals surface area contributed by atoms with Gasteiger partial charge in [-0.25, -0.2) is 13.1 Å². The van der Waals surface area contributed by atoms with E-state index in [1.54, 1.807) is 0 Å². The summed E-state index contributed by atoms with van der Waals surface area (Å²) in [4.78, 5) is 11.8. The Hall–Kier alpha value is -1.19. The van der Waals surface area contributed by atoms with Gasteiger partial charge in [0.25, 0.3) is 5.91 Å². The summed E-state index contributed by atoms with van der Waals surface area (Å²) in [5.41, 5.74) is 0. The molecule has 1 fully saturated rings. The zero-order valence-electron chi connectivity index (χ0n) is 11.7. The van der Waals surface area contributed by atoms with E-state index in [1.165, 1.54) is 24.3 Å². The number of ether oxygens (including phenoxy) is 2. The second kappa shape index (κ2) is 7.89. The molecule has 0 spiro atoms. The van der Waals surface area contributed by atoms with E-state index in [1.807, 2.05) is 0 Å². The van der Waals surface area contributed by atoms with Crippen molar-refractivity contribution in [1.82, 2.24) is 10.0 Å². The number of sulfonamides is 1. The molecule has 1 heterocycles. The van der Waals surface area contributed by atoms with Gasteiger partial charge in [-0.15, -0.1) is 0 Å². The molecule has 122 valence electrons. The van der Waals surface area contributed by atoms with E-state index >= 15 is 0 Å². The van der Waals surface area contributed by atoms with Crippen molar-refractivity contribution < 1.29 is 22.7 Å². The highest BCUT2D eigenvalue weighted by atomic mass is 35.5. The van der Waals surface area contributed by atoms with Crippen LogP contribution < -0.4 is 10.0 Å². The lowest BCUT2D eigenvalue weighted by molar-refractivity contribution is -0.147. The summed E-state index contributed by atoms with van der Waals surface area (Å²) < 4.78 is 36.7. The molecule has 1 saturated heterocycles. The van der Waals surface area contributed by atoms with E-state index in [4.69, 9.17) is 21.1 Å². The monoisotopic (exact) mass is 348 g/mol. The SMILES string of the molecule is O=C(NCCNS(=O)(=O)c1ccc(Cl)cc1)[C@@H]1COCCO1. The van der Waals surface area contributed by atoms with Crippen LogP contribution in [0.15, 0.2) is 29.2 Å². The first-order valence-corrected chi connectivity index (χ1v) is 8.57. The van der Waals surface area contributed by atoms with Crippen LogP contribution >= 0.6 is 11.6 Å². The van der Waals surface area contributed by atoms with Gasteiger partial charge >= 0.3 is 0 Å². The fourth-order valence-electron chi connectivity index (χ4n) is 1.82. The molecule has 1 aromatic rings. The lowest BCUT2D eigenvalue weighted by Gasteiger charge is -2.22. The lowest BCUT2D eigenvalue weighted by atomic mass is 10.3. The zero-order chi connectivity index (χ0) is 16.0. The van der Waals surface area contributed by atoms with Gasteiger partial charge in [0.1, 0.15) is 0 Å². The molecule has 22 heavy (non-hydrogen) atoms. The molecule has 7 nitrogen and oxygen atoms in total. The van der Waals surface area contributed by atoms with E-state index in [2.05, 4.69) is 10.0 Å². The van der Waals surface area contributed by atoms with Crippen molar-refractivity contribution in [1.29, 1.82) is 0 Å². The molecule has 1 aliphatic rings. The lowest BCUT2D eigenvalue weighted by Crippen LogP contribution is -2.45. The molecule has 1 atom stereocenters. The van der Waals surface area contributed by atoms with Crippen LogP contribution in [0.25, 0.3) is 0 Å². The molecule has 1 aromatic carbocycles. The number of amides is 1. The van der Waals surface area contributed by atoms with Gasteiger partial charge in [0.05, 0.1) is 24.7 Å². The maximum atomic E-state index is 12.0. The predicted molar refractivity (Wildman–Crippen MR) is 80.2 cm³/mol. The van der Waals surface area contributed by atoms with Crippen molar-refractivity contribution in [2.45, 2.75) is 11.0 Å².